The van der Waals surface area contributed by atoms with E-state index in [1.54, 1.807) is 0 Å². The zero-order chi connectivity index (χ0) is 27.6. The Labute approximate surface area is 231 Å². The molecule has 0 aromatic heterocycles. The van der Waals surface area contributed by atoms with Gasteiger partial charge in [-0.2, -0.15) is 0 Å². The van der Waals surface area contributed by atoms with Crippen molar-refractivity contribution in [3.8, 4) is 0 Å². The maximum absolute atomic E-state index is 13.2. The largest absolute Gasteiger partial charge is 0.321 e. The predicted molar refractivity (Wildman–Crippen MR) is 161 cm³/mol. The van der Waals surface area contributed by atoms with Crippen LogP contribution < -0.4 is 10.2 Å². The number of unbranched alkanes of at least 4 members (excludes halogenated alkanes) is 13. The zero-order valence-corrected chi connectivity index (χ0v) is 25.8. The molecule has 0 bridgehead atoms. The number of carbonyl (C=O) groups is 1. The van der Waals surface area contributed by atoms with Crippen LogP contribution in [-0.4, -0.2) is 29.5 Å². The molecule has 37 heavy (non-hydrogen) atoms. The van der Waals surface area contributed by atoms with Gasteiger partial charge in [-0.1, -0.05) is 95.5 Å². The topological polar surface area (TPSA) is 101 Å². The molecule has 0 saturated carbocycles. The van der Waals surface area contributed by atoms with Crippen molar-refractivity contribution >= 4 is 23.8 Å². The molecule has 2 N–H and O–H groups in total. The van der Waals surface area contributed by atoms with Gasteiger partial charge in [-0.05, 0) is 45.4 Å². The Morgan fingerprint density at radius 2 is 1.35 bits per heavy atom. The Morgan fingerprint density at radius 3 is 1.86 bits per heavy atom. The summed E-state index contributed by atoms with van der Waals surface area (Å²) in [4.78, 5) is 21.9. The second kappa shape index (κ2) is 25.4. The monoisotopic (exact) mass is 561 g/mol. The molecular weight excluding hydrogens is 505 g/mol. The lowest BCUT2D eigenvalue weighted by molar-refractivity contribution is -0.480. The molecule has 0 saturated heterocycles. The molecule has 0 aromatic rings. The smallest absolute Gasteiger partial charge is 0.289 e. The summed E-state index contributed by atoms with van der Waals surface area (Å²) in [5.74, 6) is 1.24. The highest BCUT2D eigenvalue weighted by molar-refractivity contribution is 8.56. The van der Waals surface area contributed by atoms with Gasteiger partial charge in [-0.25, -0.2) is 5.09 Å². The van der Waals surface area contributed by atoms with Crippen molar-refractivity contribution in [2.24, 2.45) is 0 Å². The van der Waals surface area contributed by atoms with Crippen LogP contribution in [0.25, 0.3) is 0 Å². The van der Waals surface area contributed by atoms with Crippen molar-refractivity contribution < 1.29 is 14.3 Å². The fourth-order valence-corrected chi connectivity index (χ4v) is 8.28. The highest BCUT2D eigenvalue weighted by Crippen LogP contribution is 2.51. The molecule has 0 aliphatic carbocycles. The number of rotatable bonds is 28. The predicted octanol–water partition coefficient (Wildman–Crippen LogP) is 9.21. The number of hydrogen-bond donors (Lipinski definition) is 2. The molecule has 0 heterocycles. The molecule has 0 amide bonds. The number of hydrogen-bond acceptors (Lipinski definition) is 5. The number of nitrogens with zero attached hydrogens (tertiary/aromatic N) is 1. The van der Waals surface area contributed by atoms with Gasteiger partial charge >= 0.3 is 0 Å². The number of nitro groups is 1. The molecular formula is C28H56N3O4PS. The van der Waals surface area contributed by atoms with E-state index in [4.69, 9.17) is 0 Å². The minimum atomic E-state index is -2.62. The Balaban J connectivity index is 3.64. The Morgan fingerprint density at radius 1 is 0.838 bits per heavy atom. The third-order valence-corrected chi connectivity index (χ3v) is 10.8. The number of nitrogens with one attached hydrogen (secondary N) is 2. The molecule has 1 atom stereocenters. The maximum Gasteiger partial charge on any atom is 0.289 e. The maximum atomic E-state index is 13.2. The zero-order valence-electron chi connectivity index (χ0n) is 24.1. The van der Waals surface area contributed by atoms with Crippen LogP contribution in [0.2, 0.25) is 0 Å². The van der Waals surface area contributed by atoms with Crippen molar-refractivity contribution in [2.45, 2.75) is 143 Å². The summed E-state index contributed by atoms with van der Waals surface area (Å²) in [6.07, 6.45) is 21.7. The van der Waals surface area contributed by atoms with E-state index in [9.17, 15) is 19.5 Å². The molecule has 7 nitrogen and oxygen atoms in total. The van der Waals surface area contributed by atoms with Crippen LogP contribution in [0.15, 0.2) is 11.8 Å². The molecule has 1 unspecified atom stereocenters. The number of carbonyl (C=O) groups excluding carboxylic acids is 1. The van der Waals surface area contributed by atoms with Crippen LogP contribution in [0.3, 0.4) is 0 Å². The molecule has 0 radical (unpaired) electrons. The second-order valence-electron chi connectivity index (χ2n) is 10.1. The van der Waals surface area contributed by atoms with Crippen LogP contribution in [0.1, 0.15) is 143 Å². The van der Waals surface area contributed by atoms with Gasteiger partial charge in [0.2, 0.25) is 6.54 Å². The lowest BCUT2D eigenvalue weighted by Crippen LogP contribution is -2.20. The number of Topliss-reactive ketones (excluding diaryl/α,β-unsaturated/α-hetero) is 1. The molecule has 218 valence electrons. The van der Waals surface area contributed by atoms with Gasteiger partial charge < -0.3 is 5.09 Å². The van der Waals surface area contributed by atoms with Crippen molar-refractivity contribution in [3.63, 3.8) is 0 Å². The molecule has 0 aromatic carbocycles. The van der Waals surface area contributed by atoms with Crippen LogP contribution >= 0.6 is 18.0 Å². The van der Waals surface area contributed by atoms with E-state index in [0.29, 0.717) is 25.0 Å². The van der Waals surface area contributed by atoms with Gasteiger partial charge in [-0.15, -0.1) is 0 Å². The number of ketones is 1. The molecule has 0 spiro atoms. The first-order valence-electron chi connectivity index (χ1n) is 14.9. The SMILES string of the molecule is CCCC=C(C)NP(=O)(NCCCCCCCCCCCCC(=O)CCCCCC[N+](=O)[O-])SCCC. The summed E-state index contributed by atoms with van der Waals surface area (Å²) in [6.45, 7) is 4.49. The first kappa shape index (κ1) is 36.1. The van der Waals surface area contributed by atoms with Gasteiger partial charge in [0.05, 0.1) is 0 Å². The van der Waals surface area contributed by atoms with E-state index >= 15 is 0 Å². The average Bonchev–Trinajstić information content (AvgIpc) is 2.86. The second-order valence-corrected chi connectivity index (χ2v) is 14.8. The van der Waals surface area contributed by atoms with Crippen molar-refractivity contribution in [3.05, 3.63) is 21.9 Å². The fraction of sp³-hybridized carbons (Fsp3) is 0.893. The summed E-state index contributed by atoms with van der Waals surface area (Å²) >= 11 is 1.53. The minimum Gasteiger partial charge on any atom is -0.321 e. The van der Waals surface area contributed by atoms with E-state index in [-0.39, 0.29) is 11.5 Å². The quantitative estimate of drug-likeness (QED) is 0.0425. The normalized spacial score (nSPS) is 13.4. The Bertz CT molecular complexity index is 661. The third kappa shape index (κ3) is 25.2. The van der Waals surface area contributed by atoms with Gasteiger partial charge in [0.1, 0.15) is 5.78 Å². The molecule has 9 heteroatoms. The first-order valence-corrected chi connectivity index (χ1v) is 18.2. The summed E-state index contributed by atoms with van der Waals surface area (Å²) in [7, 11) is 0. The molecule has 0 aliphatic heterocycles. The molecule has 0 rings (SSSR count). The Kier molecular flexibility index (Phi) is 24.8. The Hall–Kier alpha value is -0.850. The van der Waals surface area contributed by atoms with Gasteiger partial charge in [0.15, 0.2) is 0 Å². The lowest BCUT2D eigenvalue weighted by atomic mass is 10.0. The minimum absolute atomic E-state index is 0.0449. The fourth-order valence-electron chi connectivity index (χ4n) is 4.11. The van der Waals surface area contributed by atoms with E-state index < -0.39 is 6.65 Å². The van der Waals surface area contributed by atoms with E-state index in [0.717, 1.165) is 75.8 Å². The lowest BCUT2D eigenvalue weighted by Gasteiger charge is -2.21. The summed E-state index contributed by atoms with van der Waals surface area (Å²) < 4.78 is 13.2. The van der Waals surface area contributed by atoms with Gasteiger partial charge in [-0.3, -0.25) is 19.5 Å². The van der Waals surface area contributed by atoms with E-state index in [2.05, 4.69) is 30.1 Å². The van der Waals surface area contributed by atoms with Crippen LogP contribution in [0, 0.1) is 10.1 Å². The molecule has 0 fully saturated rings. The van der Waals surface area contributed by atoms with Crippen LogP contribution in [0.4, 0.5) is 0 Å². The van der Waals surface area contributed by atoms with Crippen LogP contribution in [0.5, 0.6) is 0 Å². The highest BCUT2D eigenvalue weighted by Gasteiger charge is 2.21. The summed E-state index contributed by atoms with van der Waals surface area (Å²) in [5.41, 5.74) is 1.01. The standard InChI is InChI=1S/C28H56N3O4PS/c1-4-6-21-27(3)30-36(35,37-26-5-2)29-24-19-15-12-10-8-7-9-11-13-17-22-28(32)23-18-14-16-20-25-31(33)34/h21H,4-20,22-26H2,1-3H3,(H2,29,30,35). The van der Waals surface area contributed by atoms with Crippen molar-refractivity contribution in [2.75, 3.05) is 18.8 Å². The summed E-state index contributed by atoms with van der Waals surface area (Å²) in [5, 5.41) is 16.8. The average molecular weight is 562 g/mol. The third-order valence-electron chi connectivity index (χ3n) is 6.29. The van der Waals surface area contributed by atoms with Gasteiger partial charge in [0.25, 0.3) is 6.65 Å². The van der Waals surface area contributed by atoms with Crippen LogP contribution in [-0.2, 0) is 9.36 Å². The first-order chi connectivity index (χ1) is 17.8. The van der Waals surface area contributed by atoms with Gasteiger partial charge in [0, 0.05) is 42.2 Å². The van der Waals surface area contributed by atoms with E-state index in [1.165, 1.54) is 56.3 Å². The highest BCUT2D eigenvalue weighted by atomic mass is 32.7. The molecule has 0 aliphatic rings. The number of allylic oxidation sites excluding steroid dienone is 2. The van der Waals surface area contributed by atoms with Crippen molar-refractivity contribution in [1.29, 1.82) is 0 Å². The summed E-state index contributed by atoms with van der Waals surface area (Å²) in [6, 6.07) is 0. The van der Waals surface area contributed by atoms with Crippen molar-refractivity contribution in [1.82, 2.24) is 10.2 Å². The van der Waals surface area contributed by atoms with E-state index in [1.807, 2.05) is 6.92 Å².